The third-order valence-corrected chi connectivity index (χ3v) is 4.88. The standard InChI is InChI=1S/C20H21N5O3/c1-14-11-18(23-28-14)22-19(26)15-7-9-24(10-8-15)20(27)16-12-21-25(13-16)17-5-3-2-4-6-17/h2-6,11-13,15H,7-10H2,1H3,(H,22,23,26). The highest BCUT2D eigenvalue weighted by Crippen LogP contribution is 2.21. The van der Waals surface area contributed by atoms with Crippen molar-refractivity contribution in [1.29, 1.82) is 0 Å². The van der Waals surface area contributed by atoms with E-state index in [2.05, 4.69) is 15.6 Å². The number of likely N-dealkylation sites (tertiary alicyclic amines) is 1. The van der Waals surface area contributed by atoms with Gasteiger partial charge < -0.3 is 14.7 Å². The molecule has 144 valence electrons. The summed E-state index contributed by atoms with van der Waals surface area (Å²) >= 11 is 0. The zero-order valence-electron chi connectivity index (χ0n) is 15.5. The van der Waals surface area contributed by atoms with Gasteiger partial charge in [0.15, 0.2) is 5.82 Å². The van der Waals surface area contributed by atoms with Gasteiger partial charge in [-0.15, -0.1) is 0 Å². The fourth-order valence-corrected chi connectivity index (χ4v) is 3.34. The minimum Gasteiger partial charge on any atom is -0.360 e. The van der Waals surface area contributed by atoms with E-state index >= 15 is 0 Å². The smallest absolute Gasteiger partial charge is 0.257 e. The van der Waals surface area contributed by atoms with Crippen molar-refractivity contribution in [2.24, 2.45) is 5.92 Å². The first-order chi connectivity index (χ1) is 13.6. The highest BCUT2D eigenvalue weighted by molar-refractivity contribution is 5.95. The first-order valence-corrected chi connectivity index (χ1v) is 9.24. The van der Waals surface area contributed by atoms with Gasteiger partial charge in [-0.3, -0.25) is 9.59 Å². The van der Waals surface area contributed by atoms with Crippen molar-refractivity contribution in [3.63, 3.8) is 0 Å². The fourth-order valence-electron chi connectivity index (χ4n) is 3.34. The maximum Gasteiger partial charge on any atom is 0.257 e. The van der Waals surface area contributed by atoms with Crippen LogP contribution in [0.3, 0.4) is 0 Å². The van der Waals surface area contributed by atoms with E-state index in [0.29, 0.717) is 43.1 Å². The second kappa shape index (κ2) is 7.67. The fraction of sp³-hybridized carbons (Fsp3) is 0.300. The number of anilines is 1. The molecule has 3 heterocycles. The third-order valence-electron chi connectivity index (χ3n) is 4.88. The molecule has 3 aromatic rings. The molecule has 0 unspecified atom stereocenters. The molecule has 0 bridgehead atoms. The lowest BCUT2D eigenvalue weighted by Crippen LogP contribution is -2.41. The van der Waals surface area contributed by atoms with Crippen molar-refractivity contribution in [2.45, 2.75) is 19.8 Å². The number of aromatic nitrogens is 3. The summed E-state index contributed by atoms with van der Waals surface area (Å²) in [7, 11) is 0. The maximum atomic E-state index is 12.8. The lowest BCUT2D eigenvalue weighted by molar-refractivity contribution is -0.121. The minimum atomic E-state index is -0.145. The molecule has 0 aliphatic carbocycles. The number of hydrogen-bond donors (Lipinski definition) is 1. The van der Waals surface area contributed by atoms with Crippen molar-refractivity contribution in [2.75, 3.05) is 18.4 Å². The molecule has 1 aliphatic heterocycles. The number of hydrogen-bond acceptors (Lipinski definition) is 5. The lowest BCUT2D eigenvalue weighted by atomic mass is 9.95. The molecule has 28 heavy (non-hydrogen) atoms. The van der Waals surface area contributed by atoms with Gasteiger partial charge >= 0.3 is 0 Å². The number of benzene rings is 1. The van der Waals surface area contributed by atoms with E-state index in [1.165, 1.54) is 0 Å². The number of para-hydroxylation sites is 1. The Balaban J connectivity index is 1.34. The van der Waals surface area contributed by atoms with Crippen LogP contribution in [0.2, 0.25) is 0 Å². The van der Waals surface area contributed by atoms with Crippen LogP contribution in [0.5, 0.6) is 0 Å². The zero-order valence-corrected chi connectivity index (χ0v) is 15.5. The molecule has 0 spiro atoms. The summed E-state index contributed by atoms with van der Waals surface area (Å²) in [5.41, 5.74) is 1.45. The number of nitrogens with zero attached hydrogens (tertiary/aromatic N) is 4. The van der Waals surface area contributed by atoms with Crippen molar-refractivity contribution >= 4 is 17.6 Å². The summed E-state index contributed by atoms with van der Waals surface area (Å²) in [4.78, 5) is 26.9. The molecule has 8 heteroatoms. The summed E-state index contributed by atoms with van der Waals surface area (Å²) in [6.45, 7) is 2.84. The van der Waals surface area contributed by atoms with Crippen LogP contribution in [0.15, 0.2) is 53.3 Å². The summed E-state index contributed by atoms with van der Waals surface area (Å²) in [6, 6.07) is 11.3. The molecule has 1 saturated heterocycles. The number of aryl methyl sites for hydroxylation is 1. The Morgan fingerprint density at radius 1 is 1.18 bits per heavy atom. The Hall–Kier alpha value is -3.42. The summed E-state index contributed by atoms with van der Waals surface area (Å²) in [6.07, 6.45) is 4.55. The average molecular weight is 379 g/mol. The second-order valence-electron chi connectivity index (χ2n) is 6.89. The van der Waals surface area contributed by atoms with Crippen LogP contribution in [0, 0.1) is 12.8 Å². The van der Waals surface area contributed by atoms with E-state index in [1.54, 1.807) is 35.0 Å². The molecular weight excluding hydrogens is 358 g/mol. The van der Waals surface area contributed by atoms with E-state index in [9.17, 15) is 9.59 Å². The Bertz CT molecular complexity index is 971. The van der Waals surface area contributed by atoms with Gasteiger partial charge in [0.05, 0.1) is 17.4 Å². The Labute approximate surface area is 162 Å². The van der Waals surface area contributed by atoms with E-state index in [0.717, 1.165) is 5.69 Å². The SMILES string of the molecule is Cc1cc(NC(=O)C2CCN(C(=O)c3cnn(-c4ccccc4)c3)CC2)no1. The van der Waals surface area contributed by atoms with Crippen LogP contribution in [-0.4, -0.2) is 44.7 Å². The van der Waals surface area contributed by atoms with E-state index in [4.69, 9.17) is 4.52 Å². The Kier molecular flexibility index (Phi) is 4.92. The second-order valence-corrected chi connectivity index (χ2v) is 6.89. The largest absolute Gasteiger partial charge is 0.360 e. The van der Waals surface area contributed by atoms with Crippen LogP contribution < -0.4 is 5.32 Å². The molecule has 1 aromatic carbocycles. The van der Waals surface area contributed by atoms with Gasteiger partial charge in [-0.25, -0.2) is 4.68 Å². The van der Waals surface area contributed by atoms with Gasteiger partial charge in [-0.2, -0.15) is 5.10 Å². The van der Waals surface area contributed by atoms with E-state index in [-0.39, 0.29) is 17.7 Å². The molecule has 1 fully saturated rings. The summed E-state index contributed by atoms with van der Waals surface area (Å²) in [5, 5.41) is 10.8. The Morgan fingerprint density at radius 3 is 2.61 bits per heavy atom. The first kappa shape index (κ1) is 18.0. The number of piperidine rings is 1. The number of amides is 2. The topological polar surface area (TPSA) is 93.3 Å². The minimum absolute atomic E-state index is 0.0619. The van der Waals surface area contributed by atoms with Crippen molar-refractivity contribution in [3.8, 4) is 5.69 Å². The molecule has 1 N–H and O–H groups in total. The molecule has 4 rings (SSSR count). The molecule has 0 saturated carbocycles. The van der Waals surface area contributed by atoms with Crippen LogP contribution >= 0.6 is 0 Å². The number of carbonyl (C=O) groups is 2. The third kappa shape index (κ3) is 3.80. The predicted molar refractivity (Wildman–Crippen MR) is 102 cm³/mol. The first-order valence-electron chi connectivity index (χ1n) is 9.24. The van der Waals surface area contributed by atoms with Crippen molar-refractivity contribution in [1.82, 2.24) is 19.8 Å². The zero-order chi connectivity index (χ0) is 19.5. The van der Waals surface area contributed by atoms with E-state index in [1.807, 2.05) is 30.3 Å². The number of nitrogens with one attached hydrogen (secondary N) is 1. The van der Waals surface area contributed by atoms with Gasteiger partial charge in [0.1, 0.15) is 5.76 Å². The highest BCUT2D eigenvalue weighted by Gasteiger charge is 2.28. The lowest BCUT2D eigenvalue weighted by Gasteiger charge is -2.30. The molecule has 0 atom stereocenters. The molecule has 8 nitrogen and oxygen atoms in total. The van der Waals surface area contributed by atoms with Crippen LogP contribution in [0.4, 0.5) is 5.82 Å². The van der Waals surface area contributed by atoms with Crippen LogP contribution in [0.25, 0.3) is 5.69 Å². The molecule has 2 amide bonds. The molecule has 2 aromatic heterocycles. The van der Waals surface area contributed by atoms with Gasteiger partial charge in [0.2, 0.25) is 5.91 Å². The highest BCUT2D eigenvalue weighted by atomic mass is 16.5. The van der Waals surface area contributed by atoms with Crippen molar-refractivity contribution < 1.29 is 14.1 Å². The number of carbonyl (C=O) groups excluding carboxylic acids is 2. The molecule has 1 aliphatic rings. The summed E-state index contributed by atoms with van der Waals surface area (Å²) in [5.74, 6) is 0.777. The van der Waals surface area contributed by atoms with Gasteiger partial charge in [0, 0.05) is 31.3 Å². The average Bonchev–Trinajstić information content (AvgIpc) is 3.37. The maximum absolute atomic E-state index is 12.8. The van der Waals surface area contributed by atoms with Crippen LogP contribution in [0.1, 0.15) is 29.0 Å². The van der Waals surface area contributed by atoms with Gasteiger partial charge in [0.25, 0.3) is 5.91 Å². The monoisotopic (exact) mass is 379 g/mol. The molecule has 0 radical (unpaired) electrons. The number of rotatable bonds is 4. The van der Waals surface area contributed by atoms with Gasteiger partial charge in [-0.1, -0.05) is 23.4 Å². The van der Waals surface area contributed by atoms with Gasteiger partial charge in [-0.05, 0) is 31.9 Å². The van der Waals surface area contributed by atoms with E-state index < -0.39 is 0 Å². The normalized spacial score (nSPS) is 14.8. The summed E-state index contributed by atoms with van der Waals surface area (Å²) < 4.78 is 6.65. The molecular formula is C20H21N5O3. The quantitative estimate of drug-likeness (QED) is 0.752. The van der Waals surface area contributed by atoms with Crippen molar-refractivity contribution in [3.05, 3.63) is 60.1 Å². The van der Waals surface area contributed by atoms with Crippen LogP contribution in [-0.2, 0) is 4.79 Å². The predicted octanol–water partition coefficient (Wildman–Crippen LogP) is 2.66. The Morgan fingerprint density at radius 2 is 1.93 bits per heavy atom.